The maximum Gasteiger partial charge on any atom is 0.420 e. The van der Waals surface area contributed by atoms with Gasteiger partial charge in [-0.15, -0.1) is 0 Å². The zero-order valence-corrected chi connectivity index (χ0v) is 14.8. The largest absolute Gasteiger partial charge is 0.420 e. The molecule has 0 radical (unpaired) electrons. The quantitative estimate of drug-likeness (QED) is 0.778. The van der Waals surface area contributed by atoms with Gasteiger partial charge in [-0.1, -0.05) is 12.1 Å². The van der Waals surface area contributed by atoms with Crippen LogP contribution in [-0.4, -0.2) is 38.7 Å². The van der Waals surface area contributed by atoms with Gasteiger partial charge in [0.05, 0.1) is 11.7 Å². The van der Waals surface area contributed by atoms with Gasteiger partial charge in [-0.05, 0) is 49.8 Å². The van der Waals surface area contributed by atoms with E-state index in [1.165, 1.54) is 4.57 Å². The number of hydrogen-bond donors (Lipinski definition) is 1. The van der Waals surface area contributed by atoms with Crippen molar-refractivity contribution in [3.63, 3.8) is 0 Å². The number of carbonyl (C=O) groups is 1. The predicted octanol–water partition coefficient (Wildman–Crippen LogP) is 2.11. The number of likely N-dealkylation sites (tertiary alicyclic amines) is 1. The van der Waals surface area contributed by atoms with Crippen LogP contribution >= 0.6 is 0 Å². The Morgan fingerprint density at radius 3 is 3.04 bits per heavy atom. The van der Waals surface area contributed by atoms with Gasteiger partial charge in [0.25, 0.3) is 0 Å². The molecular weight excluding hydrogens is 332 g/mol. The molecule has 1 aliphatic heterocycles. The summed E-state index contributed by atoms with van der Waals surface area (Å²) in [7, 11) is 0. The summed E-state index contributed by atoms with van der Waals surface area (Å²) in [5, 5.41) is 7.13. The molecule has 4 rings (SSSR count). The Labute approximate surface area is 150 Å². The van der Waals surface area contributed by atoms with Crippen molar-refractivity contribution in [1.82, 2.24) is 19.7 Å². The predicted molar refractivity (Wildman–Crippen MR) is 96.8 cm³/mol. The van der Waals surface area contributed by atoms with Crippen LogP contribution < -0.4 is 5.76 Å². The Kier molecular flexibility index (Phi) is 4.36. The first-order valence-electron chi connectivity index (χ1n) is 8.97. The van der Waals surface area contributed by atoms with Crippen molar-refractivity contribution < 1.29 is 9.21 Å². The number of hydrogen-bond acceptors (Lipinski definition) is 4. The SMILES string of the molecule is Cc1cn[nH]c1CC1CCCN(C(=O)Cn2c(=O)oc3ccccc32)C1. The molecule has 7 heteroatoms. The number of H-pyrrole nitrogens is 1. The van der Waals surface area contributed by atoms with E-state index in [2.05, 4.69) is 10.2 Å². The average Bonchev–Trinajstić information content (AvgIpc) is 3.18. The van der Waals surface area contributed by atoms with Crippen LogP contribution in [0.5, 0.6) is 0 Å². The Morgan fingerprint density at radius 1 is 1.38 bits per heavy atom. The Bertz CT molecular complexity index is 984. The topological polar surface area (TPSA) is 84.1 Å². The fourth-order valence-corrected chi connectivity index (χ4v) is 3.73. The van der Waals surface area contributed by atoms with Crippen LogP contribution in [0.25, 0.3) is 11.1 Å². The lowest BCUT2D eigenvalue weighted by Crippen LogP contribution is -2.43. The Balaban J connectivity index is 1.46. The van der Waals surface area contributed by atoms with Crippen molar-refractivity contribution in [2.75, 3.05) is 13.1 Å². The van der Waals surface area contributed by atoms with Gasteiger partial charge < -0.3 is 9.32 Å². The van der Waals surface area contributed by atoms with Crippen LogP contribution in [0, 0.1) is 12.8 Å². The maximum atomic E-state index is 12.8. The number of aromatic amines is 1. The molecule has 3 aromatic rings. The molecule has 1 fully saturated rings. The van der Waals surface area contributed by atoms with Crippen LogP contribution in [0.2, 0.25) is 0 Å². The van der Waals surface area contributed by atoms with Gasteiger partial charge in [0, 0.05) is 18.8 Å². The van der Waals surface area contributed by atoms with E-state index in [1.54, 1.807) is 12.1 Å². The number of rotatable bonds is 4. The molecule has 1 amide bonds. The summed E-state index contributed by atoms with van der Waals surface area (Å²) in [4.78, 5) is 26.7. The number of fused-ring (bicyclic) bond motifs is 1. The molecule has 1 aromatic carbocycles. The zero-order valence-electron chi connectivity index (χ0n) is 14.8. The van der Waals surface area contributed by atoms with Crippen molar-refractivity contribution in [3.05, 3.63) is 52.3 Å². The summed E-state index contributed by atoms with van der Waals surface area (Å²) < 4.78 is 6.63. The number of nitrogens with zero attached hydrogens (tertiary/aromatic N) is 3. The molecule has 1 saturated heterocycles. The van der Waals surface area contributed by atoms with Crippen molar-refractivity contribution in [2.24, 2.45) is 5.92 Å². The number of nitrogens with one attached hydrogen (secondary N) is 1. The van der Waals surface area contributed by atoms with Crippen LogP contribution in [-0.2, 0) is 17.8 Å². The molecule has 1 aliphatic rings. The van der Waals surface area contributed by atoms with E-state index in [0.29, 0.717) is 23.6 Å². The Hall–Kier alpha value is -2.83. The fraction of sp³-hybridized carbons (Fsp3) is 0.421. The van der Waals surface area contributed by atoms with Gasteiger partial charge in [-0.25, -0.2) is 4.79 Å². The molecule has 136 valence electrons. The number of para-hydroxylation sites is 2. The average molecular weight is 354 g/mol. The van der Waals surface area contributed by atoms with Crippen molar-refractivity contribution >= 4 is 17.0 Å². The minimum atomic E-state index is -0.485. The normalized spacial score (nSPS) is 17.7. The van der Waals surface area contributed by atoms with Crippen LogP contribution in [0.15, 0.2) is 39.7 Å². The first kappa shape index (κ1) is 16.6. The van der Waals surface area contributed by atoms with Crippen LogP contribution in [0.3, 0.4) is 0 Å². The molecule has 1 unspecified atom stereocenters. The molecule has 0 aliphatic carbocycles. The molecule has 1 atom stereocenters. The van der Waals surface area contributed by atoms with Gasteiger partial charge in [0.1, 0.15) is 6.54 Å². The van der Waals surface area contributed by atoms with E-state index in [-0.39, 0.29) is 12.5 Å². The highest BCUT2D eigenvalue weighted by molar-refractivity contribution is 5.79. The molecule has 3 heterocycles. The van der Waals surface area contributed by atoms with Gasteiger partial charge in [-0.3, -0.25) is 14.5 Å². The maximum absolute atomic E-state index is 12.8. The molecule has 0 bridgehead atoms. The number of carbonyl (C=O) groups excluding carboxylic acids is 1. The highest BCUT2D eigenvalue weighted by Crippen LogP contribution is 2.22. The first-order chi connectivity index (χ1) is 12.6. The highest BCUT2D eigenvalue weighted by Gasteiger charge is 2.25. The number of benzene rings is 1. The fourth-order valence-electron chi connectivity index (χ4n) is 3.73. The number of oxazole rings is 1. The molecule has 2 aromatic heterocycles. The van der Waals surface area contributed by atoms with Crippen molar-refractivity contribution in [1.29, 1.82) is 0 Å². The van der Waals surface area contributed by atoms with E-state index in [4.69, 9.17) is 4.42 Å². The second-order valence-electron chi connectivity index (χ2n) is 7.01. The van der Waals surface area contributed by atoms with Gasteiger partial charge in [0.15, 0.2) is 5.58 Å². The van der Waals surface area contributed by atoms with Gasteiger partial charge >= 0.3 is 5.76 Å². The summed E-state index contributed by atoms with van der Waals surface area (Å²) in [5.41, 5.74) is 3.47. The smallest absolute Gasteiger partial charge is 0.408 e. The Morgan fingerprint density at radius 2 is 2.23 bits per heavy atom. The summed E-state index contributed by atoms with van der Waals surface area (Å²) in [5.74, 6) is -0.115. The van der Waals surface area contributed by atoms with Crippen LogP contribution in [0.1, 0.15) is 24.1 Å². The second kappa shape index (κ2) is 6.82. The van der Waals surface area contributed by atoms with Crippen molar-refractivity contribution in [2.45, 2.75) is 32.7 Å². The van der Waals surface area contributed by atoms with Crippen molar-refractivity contribution in [3.8, 4) is 0 Å². The highest BCUT2D eigenvalue weighted by atomic mass is 16.4. The number of piperidine rings is 1. The molecule has 1 N–H and O–H groups in total. The number of aryl methyl sites for hydroxylation is 1. The van der Waals surface area contributed by atoms with E-state index in [1.807, 2.05) is 30.2 Å². The van der Waals surface area contributed by atoms with Gasteiger partial charge in [0.2, 0.25) is 5.91 Å². The second-order valence-corrected chi connectivity index (χ2v) is 7.01. The van der Waals surface area contributed by atoms with Gasteiger partial charge in [-0.2, -0.15) is 5.10 Å². The van der Waals surface area contributed by atoms with Crippen LogP contribution in [0.4, 0.5) is 0 Å². The summed E-state index contributed by atoms with van der Waals surface area (Å²) >= 11 is 0. The summed E-state index contributed by atoms with van der Waals surface area (Å²) in [6.45, 7) is 3.51. The molecule has 7 nitrogen and oxygen atoms in total. The lowest BCUT2D eigenvalue weighted by atomic mass is 9.92. The summed E-state index contributed by atoms with van der Waals surface area (Å²) in [6.07, 6.45) is 4.79. The van der Waals surface area contributed by atoms with E-state index in [0.717, 1.165) is 37.1 Å². The first-order valence-corrected chi connectivity index (χ1v) is 8.97. The molecule has 0 spiro atoms. The molecule has 0 saturated carbocycles. The van der Waals surface area contributed by atoms with E-state index in [9.17, 15) is 9.59 Å². The number of amides is 1. The lowest BCUT2D eigenvalue weighted by Gasteiger charge is -2.32. The third kappa shape index (κ3) is 3.16. The summed E-state index contributed by atoms with van der Waals surface area (Å²) in [6, 6.07) is 7.18. The molecule has 26 heavy (non-hydrogen) atoms. The molecular formula is C19H22N4O3. The third-order valence-corrected chi connectivity index (χ3v) is 5.17. The monoisotopic (exact) mass is 354 g/mol. The minimum absolute atomic E-state index is 0.0195. The zero-order chi connectivity index (χ0) is 18.1. The lowest BCUT2D eigenvalue weighted by molar-refractivity contribution is -0.133. The minimum Gasteiger partial charge on any atom is -0.408 e. The third-order valence-electron chi connectivity index (χ3n) is 5.17. The standard InChI is InChI=1S/C19H22N4O3/c1-13-10-20-21-15(13)9-14-5-4-8-22(11-14)18(24)12-23-16-6-2-3-7-17(16)26-19(23)25/h2-3,6-7,10,14H,4-5,8-9,11-12H2,1H3,(H,20,21). The van der Waals surface area contributed by atoms with E-state index >= 15 is 0 Å². The number of aromatic nitrogens is 3. The van der Waals surface area contributed by atoms with E-state index < -0.39 is 5.76 Å².